The number of fused-ring (bicyclic) bond motifs is 2. The Hall–Kier alpha value is -0.260. The Kier molecular flexibility index (Phi) is 7.25. The molecule has 1 fully saturated rings. The maximum Gasteiger partial charge on any atom is -0.0194 e. The Morgan fingerprint density at radius 1 is 0.619 bits per heavy atom. The van der Waals surface area contributed by atoms with E-state index in [1.54, 1.807) is 0 Å². The molecule has 0 nitrogen and oxygen atoms in total. The van der Waals surface area contributed by atoms with Gasteiger partial charge in [-0.1, -0.05) is 88.3 Å². The molecule has 2 aliphatic rings. The first-order chi connectivity index (χ1) is 9.07. The van der Waals surface area contributed by atoms with Gasteiger partial charge in [0.2, 0.25) is 0 Å². The van der Waals surface area contributed by atoms with Gasteiger partial charge in [-0.2, -0.15) is 0 Å². The lowest BCUT2D eigenvalue weighted by Gasteiger charge is -2.32. The second-order valence-corrected chi connectivity index (χ2v) is 11.3. The van der Waals surface area contributed by atoms with E-state index in [2.05, 4.69) is 88.3 Å². The van der Waals surface area contributed by atoms with Crippen LogP contribution < -0.4 is 0 Å². The molecule has 0 N–H and O–H groups in total. The lowest BCUT2D eigenvalue weighted by molar-refractivity contribution is 0.205. The van der Waals surface area contributed by atoms with Crippen molar-refractivity contribution < 1.29 is 0 Å². The van der Waals surface area contributed by atoms with E-state index in [4.69, 9.17) is 0 Å². The van der Waals surface area contributed by atoms with Crippen LogP contribution >= 0.6 is 0 Å². The zero-order valence-corrected chi connectivity index (χ0v) is 16.8. The van der Waals surface area contributed by atoms with E-state index in [9.17, 15) is 0 Å². The normalized spacial score (nSPS) is 27.7. The summed E-state index contributed by atoms with van der Waals surface area (Å²) in [7, 11) is 0. The van der Waals surface area contributed by atoms with Gasteiger partial charge in [0.1, 0.15) is 0 Å². The molecular weight excluding hydrogens is 252 g/mol. The third kappa shape index (κ3) is 12.0. The molecule has 3 atom stereocenters. The van der Waals surface area contributed by atoms with Gasteiger partial charge in [0, 0.05) is 0 Å². The quantitative estimate of drug-likeness (QED) is 0.410. The van der Waals surface area contributed by atoms with Gasteiger partial charge in [-0.05, 0) is 46.8 Å². The molecule has 0 aliphatic heterocycles. The van der Waals surface area contributed by atoms with E-state index in [-0.39, 0.29) is 0 Å². The van der Waals surface area contributed by atoms with E-state index in [1.807, 2.05) is 0 Å². The van der Waals surface area contributed by atoms with Crippen molar-refractivity contribution in [3.05, 3.63) is 12.2 Å². The highest BCUT2D eigenvalue weighted by molar-refractivity contribution is 5.11. The van der Waals surface area contributed by atoms with E-state index in [0.717, 1.165) is 17.8 Å². The summed E-state index contributed by atoms with van der Waals surface area (Å²) in [6, 6.07) is 0. The van der Waals surface area contributed by atoms with E-state index < -0.39 is 0 Å². The first-order valence-electron chi connectivity index (χ1n) is 8.76. The van der Waals surface area contributed by atoms with E-state index in [1.165, 1.54) is 12.8 Å². The maximum atomic E-state index is 2.45. The SMILES string of the molecule is CC(C)(C)C.CC(C)(C)C.CC(C)(C)C1CC2C=CC1C2. The zero-order chi connectivity index (χ0) is 17.1. The second-order valence-electron chi connectivity index (χ2n) is 11.3. The minimum atomic E-state index is 0.500. The fourth-order valence-electron chi connectivity index (χ4n) is 2.78. The molecular formula is C21H42. The van der Waals surface area contributed by atoms with Crippen molar-refractivity contribution in [2.75, 3.05) is 0 Å². The maximum absolute atomic E-state index is 2.45. The van der Waals surface area contributed by atoms with Gasteiger partial charge >= 0.3 is 0 Å². The van der Waals surface area contributed by atoms with Crippen molar-refractivity contribution in [1.29, 1.82) is 0 Å². The summed E-state index contributed by atoms with van der Waals surface area (Å²) in [5.74, 6) is 2.81. The van der Waals surface area contributed by atoms with Crippen molar-refractivity contribution in [3.8, 4) is 0 Å². The Morgan fingerprint density at radius 2 is 1.00 bits per heavy atom. The van der Waals surface area contributed by atoms with Crippen molar-refractivity contribution >= 4 is 0 Å². The minimum absolute atomic E-state index is 0.500. The molecule has 21 heavy (non-hydrogen) atoms. The summed E-state index contributed by atoms with van der Waals surface area (Å²) in [5, 5.41) is 0. The molecule has 2 rings (SSSR count). The van der Waals surface area contributed by atoms with Crippen LogP contribution in [0.15, 0.2) is 12.2 Å². The summed E-state index contributed by atoms with van der Waals surface area (Å²) < 4.78 is 0. The summed E-state index contributed by atoms with van der Waals surface area (Å²) in [5.41, 5.74) is 1.53. The molecule has 0 amide bonds. The van der Waals surface area contributed by atoms with Gasteiger partial charge in [0.05, 0.1) is 0 Å². The van der Waals surface area contributed by atoms with Crippen LogP contribution in [0.4, 0.5) is 0 Å². The molecule has 0 spiro atoms. The third-order valence-electron chi connectivity index (χ3n) is 3.39. The Balaban J connectivity index is 0.000000340. The highest BCUT2D eigenvalue weighted by atomic mass is 14.5. The first kappa shape index (κ1) is 20.7. The molecule has 0 heterocycles. The number of hydrogen-bond donors (Lipinski definition) is 0. The molecule has 2 bridgehead atoms. The Morgan fingerprint density at radius 3 is 1.14 bits per heavy atom. The van der Waals surface area contributed by atoms with Gasteiger partial charge in [-0.3, -0.25) is 0 Å². The topological polar surface area (TPSA) is 0 Å². The van der Waals surface area contributed by atoms with Crippen LogP contribution in [0.5, 0.6) is 0 Å². The first-order valence-corrected chi connectivity index (χ1v) is 8.76. The third-order valence-corrected chi connectivity index (χ3v) is 3.39. The van der Waals surface area contributed by atoms with Gasteiger partial charge in [-0.15, -0.1) is 0 Å². The summed E-state index contributed by atoms with van der Waals surface area (Å²) in [6.07, 6.45) is 7.77. The van der Waals surface area contributed by atoms with Gasteiger partial charge < -0.3 is 0 Å². The average molecular weight is 295 g/mol. The average Bonchev–Trinajstić information content (AvgIpc) is 2.70. The fraction of sp³-hybridized carbons (Fsp3) is 0.905. The molecule has 0 saturated heterocycles. The summed E-state index contributed by atoms with van der Waals surface area (Å²) >= 11 is 0. The minimum Gasteiger partial charge on any atom is -0.0851 e. The Labute approximate surface area is 135 Å². The predicted octanol–water partition coefficient (Wildman–Crippen LogP) is 7.35. The molecule has 0 aromatic rings. The molecule has 1 saturated carbocycles. The fourth-order valence-corrected chi connectivity index (χ4v) is 2.78. The number of allylic oxidation sites excluding steroid dienone is 2. The van der Waals surface area contributed by atoms with E-state index in [0.29, 0.717) is 16.2 Å². The molecule has 3 unspecified atom stereocenters. The standard InChI is InChI=1S/C11H18.2C5H12/c1-11(2,3)10-7-8-4-5-9(10)6-8;2*1-5(2,3)4/h4-5,8-10H,6-7H2,1-3H3;2*1-4H3. The van der Waals surface area contributed by atoms with Crippen LogP contribution in [0, 0.1) is 34.0 Å². The highest BCUT2D eigenvalue weighted by Gasteiger charge is 2.41. The molecule has 0 radical (unpaired) electrons. The summed E-state index contributed by atoms with van der Waals surface area (Å²) in [4.78, 5) is 0. The van der Waals surface area contributed by atoms with Crippen LogP contribution in [0.1, 0.15) is 89.0 Å². The van der Waals surface area contributed by atoms with Crippen molar-refractivity contribution in [2.24, 2.45) is 34.0 Å². The number of hydrogen-bond acceptors (Lipinski definition) is 0. The van der Waals surface area contributed by atoms with Crippen LogP contribution in [-0.2, 0) is 0 Å². The molecule has 2 aliphatic carbocycles. The van der Waals surface area contributed by atoms with Gasteiger partial charge in [0.15, 0.2) is 0 Å². The largest absolute Gasteiger partial charge is 0.0851 e. The monoisotopic (exact) mass is 294 g/mol. The van der Waals surface area contributed by atoms with Crippen LogP contribution in [0.25, 0.3) is 0 Å². The molecule has 0 aromatic heterocycles. The number of rotatable bonds is 0. The molecule has 0 heteroatoms. The van der Waals surface area contributed by atoms with Crippen LogP contribution in [0.2, 0.25) is 0 Å². The smallest absolute Gasteiger partial charge is 0.0194 e. The van der Waals surface area contributed by atoms with Crippen LogP contribution in [-0.4, -0.2) is 0 Å². The van der Waals surface area contributed by atoms with Crippen LogP contribution in [0.3, 0.4) is 0 Å². The highest BCUT2D eigenvalue weighted by Crippen LogP contribution is 2.50. The predicted molar refractivity (Wildman–Crippen MR) is 98.6 cm³/mol. The van der Waals surface area contributed by atoms with Crippen molar-refractivity contribution in [2.45, 2.75) is 89.0 Å². The zero-order valence-electron chi connectivity index (χ0n) is 16.8. The molecule has 0 aromatic carbocycles. The van der Waals surface area contributed by atoms with Gasteiger partial charge in [-0.25, -0.2) is 0 Å². The second kappa shape index (κ2) is 7.34. The Bertz CT molecular complexity index is 289. The lowest BCUT2D eigenvalue weighted by Crippen LogP contribution is -2.23. The van der Waals surface area contributed by atoms with Crippen molar-refractivity contribution in [3.63, 3.8) is 0 Å². The van der Waals surface area contributed by atoms with Crippen molar-refractivity contribution in [1.82, 2.24) is 0 Å². The summed E-state index contributed by atoms with van der Waals surface area (Å²) in [6.45, 7) is 24.6. The van der Waals surface area contributed by atoms with Gasteiger partial charge in [0.25, 0.3) is 0 Å². The lowest BCUT2D eigenvalue weighted by atomic mass is 9.73. The van der Waals surface area contributed by atoms with E-state index >= 15 is 0 Å². The molecule has 126 valence electrons.